The molecule has 5 nitrogen and oxygen atoms in total. The summed E-state index contributed by atoms with van der Waals surface area (Å²) in [6.07, 6.45) is -0.719. The van der Waals surface area contributed by atoms with Gasteiger partial charge in [-0.15, -0.1) is 0 Å². The van der Waals surface area contributed by atoms with Gasteiger partial charge in [-0.05, 0) is 65.3 Å². The maximum Gasteiger partial charge on any atom is 0.265 e. The van der Waals surface area contributed by atoms with Crippen molar-refractivity contribution in [2.75, 3.05) is 5.32 Å². The van der Waals surface area contributed by atoms with E-state index in [-0.39, 0.29) is 5.91 Å². The van der Waals surface area contributed by atoms with Crippen LogP contribution in [0.2, 0.25) is 5.02 Å². The Hall–Kier alpha value is -2.05. The summed E-state index contributed by atoms with van der Waals surface area (Å²) in [5.41, 5.74) is 6.08. The van der Waals surface area contributed by atoms with Crippen molar-refractivity contribution < 1.29 is 14.3 Å². The molecule has 0 saturated carbocycles. The van der Waals surface area contributed by atoms with Crippen molar-refractivity contribution in [3.63, 3.8) is 0 Å². The summed E-state index contributed by atoms with van der Waals surface area (Å²) in [5, 5.41) is 3.27. The van der Waals surface area contributed by atoms with Crippen LogP contribution in [0.4, 0.5) is 5.69 Å². The van der Waals surface area contributed by atoms with Crippen molar-refractivity contribution in [1.29, 1.82) is 0 Å². The molecule has 0 spiro atoms. The summed E-state index contributed by atoms with van der Waals surface area (Å²) in [6, 6.07) is 11.3. The molecule has 0 bridgehead atoms. The second-order valence-electron chi connectivity index (χ2n) is 4.77. The van der Waals surface area contributed by atoms with E-state index in [1.54, 1.807) is 49.4 Å². The first kappa shape index (κ1) is 17.3. The smallest absolute Gasteiger partial charge is 0.265 e. The third-order valence-corrected chi connectivity index (χ3v) is 3.86. The topological polar surface area (TPSA) is 81.4 Å². The van der Waals surface area contributed by atoms with Crippen LogP contribution < -0.4 is 15.8 Å². The quantitative estimate of drug-likeness (QED) is 0.808. The lowest BCUT2D eigenvalue weighted by molar-refractivity contribution is -0.122. The van der Waals surface area contributed by atoms with E-state index in [2.05, 4.69) is 21.2 Å². The fourth-order valence-electron chi connectivity index (χ4n) is 1.78. The first-order chi connectivity index (χ1) is 10.9. The Kier molecular flexibility index (Phi) is 5.63. The number of primary amides is 1. The zero-order valence-corrected chi connectivity index (χ0v) is 14.5. The lowest BCUT2D eigenvalue weighted by Crippen LogP contribution is -2.30. The molecule has 1 atom stereocenters. The van der Waals surface area contributed by atoms with Crippen molar-refractivity contribution in [1.82, 2.24) is 0 Å². The molecule has 23 heavy (non-hydrogen) atoms. The summed E-state index contributed by atoms with van der Waals surface area (Å²) in [4.78, 5) is 23.1. The van der Waals surface area contributed by atoms with Crippen LogP contribution in [-0.4, -0.2) is 17.9 Å². The molecule has 7 heteroatoms. The Labute approximate surface area is 146 Å². The minimum Gasteiger partial charge on any atom is -0.480 e. The molecule has 0 fully saturated rings. The van der Waals surface area contributed by atoms with E-state index < -0.39 is 12.0 Å². The van der Waals surface area contributed by atoms with Gasteiger partial charge >= 0.3 is 0 Å². The highest BCUT2D eigenvalue weighted by Crippen LogP contribution is 2.28. The Balaban J connectivity index is 2.00. The predicted octanol–water partition coefficient (Wildman–Crippen LogP) is 3.61. The van der Waals surface area contributed by atoms with Gasteiger partial charge < -0.3 is 15.8 Å². The number of hydrogen-bond donors (Lipinski definition) is 2. The highest BCUT2D eigenvalue weighted by molar-refractivity contribution is 9.10. The van der Waals surface area contributed by atoms with Crippen LogP contribution in [0, 0.1) is 0 Å². The molecule has 0 unspecified atom stereocenters. The molecule has 0 aliphatic carbocycles. The van der Waals surface area contributed by atoms with Crippen molar-refractivity contribution in [3.05, 3.63) is 57.5 Å². The van der Waals surface area contributed by atoms with Crippen LogP contribution >= 0.6 is 27.5 Å². The highest BCUT2D eigenvalue weighted by atomic mass is 79.9. The van der Waals surface area contributed by atoms with Crippen LogP contribution in [0.5, 0.6) is 5.75 Å². The standard InChI is InChI=1S/C16H14BrClN2O3/c1-9(23-14-7-4-11(18)8-13(14)17)16(22)20-12-5-2-10(3-6-12)15(19)21/h2-9H,1H3,(H2,19,21)(H,20,22)/t9-/m1/s1. The normalized spacial score (nSPS) is 11.6. The zero-order valence-electron chi connectivity index (χ0n) is 12.2. The van der Waals surface area contributed by atoms with Gasteiger partial charge in [0.15, 0.2) is 6.10 Å². The molecule has 2 aromatic carbocycles. The van der Waals surface area contributed by atoms with Gasteiger partial charge in [-0.3, -0.25) is 9.59 Å². The molecule has 0 heterocycles. The van der Waals surface area contributed by atoms with E-state index in [4.69, 9.17) is 22.1 Å². The van der Waals surface area contributed by atoms with Crippen LogP contribution in [0.15, 0.2) is 46.9 Å². The first-order valence-electron chi connectivity index (χ1n) is 6.69. The Morgan fingerprint density at radius 2 is 1.87 bits per heavy atom. The molecule has 0 radical (unpaired) electrons. The Morgan fingerprint density at radius 3 is 2.43 bits per heavy atom. The summed E-state index contributed by atoms with van der Waals surface area (Å²) < 4.78 is 6.27. The highest BCUT2D eigenvalue weighted by Gasteiger charge is 2.16. The lowest BCUT2D eigenvalue weighted by atomic mass is 10.2. The monoisotopic (exact) mass is 396 g/mol. The zero-order chi connectivity index (χ0) is 17.0. The van der Waals surface area contributed by atoms with E-state index in [1.165, 1.54) is 0 Å². The molecular formula is C16H14BrClN2O3. The molecule has 0 saturated heterocycles. The van der Waals surface area contributed by atoms with E-state index in [1.807, 2.05) is 0 Å². The molecule has 3 N–H and O–H groups in total. The molecule has 2 aromatic rings. The number of benzene rings is 2. The SMILES string of the molecule is C[C@@H](Oc1ccc(Cl)cc1Br)C(=O)Nc1ccc(C(N)=O)cc1. The molecule has 0 aliphatic heterocycles. The minimum absolute atomic E-state index is 0.321. The summed E-state index contributed by atoms with van der Waals surface area (Å²) in [7, 11) is 0. The van der Waals surface area contributed by atoms with Gasteiger partial charge in [-0.2, -0.15) is 0 Å². The van der Waals surface area contributed by atoms with Gasteiger partial charge in [0.25, 0.3) is 5.91 Å². The average Bonchev–Trinajstić information content (AvgIpc) is 2.50. The first-order valence-corrected chi connectivity index (χ1v) is 7.86. The molecule has 2 amide bonds. The average molecular weight is 398 g/mol. The maximum atomic E-state index is 12.1. The molecule has 120 valence electrons. The van der Waals surface area contributed by atoms with Crippen LogP contribution in [-0.2, 0) is 4.79 Å². The van der Waals surface area contributed by atoms with Gasteiger partial charge in [-0.1, -0.05) is 11.6 Å². The number of carbonyl (C=O) groups is 2. The Morgan fingerprint density at radius 1 is 1.22 bits per heavy atom. The van der Waals surface area contributed by atoms with Crippen molar-refractivity contribution in [2.24, 2.45) is 5.73 Å². The van der Waals surface area contributed by atoms with Gasteiger partial charge in [0.1, 0.15) is 5.75 Å². The number of ether oxygens (including phenoxy) is 1. The number of carbonyl (C=O) groups excluding carboxylic acids is 2. The van der Waals surface area contributed by atoms with Crippen LogP contribution in [0.1, 0.15) is 17.3 Å². The number of nitrogens with one attached hydrogen (secondary N) is 1. The minimum atomic E-state index is -0.719. The van der Waals surface area contributed by atoms with Crippen molar-refractivity contribution >= 4 is 45.0 Å². The molecule has 0 aromatic heterocycles. The Bertz CT molecular complexity index is 735. The van der Waals surface area contributed by atoms with E-state index in [0.717, 1.165) is 0 Å². The van der Waals surface area contributed by atoms with Crippen molar-refractivity contribution in [3.8, 4) is 5.75 Å². The molecular weight excluding hydrogens is 384 g/mol. The summed E-state index contributed by atoms with van der Waals surface area (Å²) in [5.74, 6) is -0.327. The van der Waals surface area contributed by atoms with Crippen molar-refractivity contribution in [2.45, 2.75) is 13.0 Å². The maximum absolute atomic E-state index is 12.1. The molecule has 2 rings (SSSR count). The van der Waals surface area contributed by atoms with Gasteiger partial charge in [0, 0.05) is 16.3 Å². The largest absolute Gasteiger partial charge is 0.480 e. The third kappa shape index (κ3) is 4.71. The van der Waals surface area contributed by atoms with E-state index in [0.29, 0.717) is 26.5 Å². The van der Waals surface area contributed by atoms with Crippen LogP contribution in [0.3, 0.4) is 0 Å². The number of anilines is 1. The summed E-state index contributed by atoms with van der Waals surface area (Å²) >= 11 is 9.19. The third-order valence-electron chi connectivity index (χ3n) is 3.00. The molecule has 0 aliphatic rings. The van der Waals surface area contributed by atoms with Gasteiger partial charge in [0.05, 0.1) is 4.47 Å². The predicted molar refractivity (Wildman–Crippen MR) is 92.8 cm³/mol. The van der Waals surface area contributed by atoms with Gasteiger partial charge in [-0.25, -0.2) is 0 Å². The second-order valence-corrected chi connectivity index (χ2v) is 6.06. The fourth-order valence-corrected chi connectivity index (χ4v) is 2.55. The number of halogens is 2. The summed E-state index contributed by atoms with van der Waals surface area (Å²) in [6.45, 7) is 1.63. The van der Waals surface area contributed by atoms with Crippen LogP contribution in [0.25, 0.3) is 0 Å². The fraction of sp³-hybridized carbons (Fsp3) is 0.125. The number of nitrogens with two attached hydrogens (primary N) is 1. The van der Waals surface area contributed by atoms with Gasteiger partial charge in [0.2, 0.25) is 5.91 Å². The number of amides is 2. The number of hydrogen-bond acceptors (Lipinski definition) is 3. The lowest BCUT2D eigenvalue weighted by Gasteiger charge is -2.16. The van der Waals surface area contributed by atoms with E-state index in [9.17, 15) is 9.59 Å². The number of rotatable bonds is 5. The second kappa shape index (κ2) is 7.48. The van der Waals surface area contributed by atoms with E-state index >= 15 is 0 Å².